The van der Waals surface area contributed by atoms with E-state index in [1.807, 2.05) is 24.5 Å². The fourth-order valence-electron chi connectivity index (χ4n) is 3.50. The van der Waals surface area contributed by atoms with Crippen molar-refractivity contribution in [3.63, 3.8) is 0 Å². The van der Waals surface area contributed by atoms with Crippen LogP contribution in [0, 0.1) is 11.8 Å². The summed E-state index contributed by atoms with van der Waals surface area (Å²) in [6, 6.07) is 6.09. The Bertz CT molecular complexity index is 706. The van der Waals surface area contributed by atoms with E-state index in [2.05, 4.69) is 27.9 Å². The van der Waals surface area contributed by atoms with E-state index in [1.165, 1.54) is 0 Å². The minimum atomic E-state index is 0.305. The van der Waals surface area contributed by atoms with E-state index in [4.69, 9.17) is 0 Å². The predicted molar refractivity (Wildman–Crippen MR) is 85.4 cm³/mol. The van der Waals surface area contributed by atoms with Crippen LogP contribution in [0.2, 0.25) is 0 Å². The van der Waals surface area contributed by atoms with E-state index in [-0.39, 0.29) is 0 Å². The van der Waals surface area contributed by atoms with Gasteiger partial charge >= 0.3 is 0 Å². The molecule has 3 heterocycles. The molecule has 2 atom stereocenters. The van der Waals surface area contributed by atoms with Crippen LogP contribution in [0.15, 0.2) is 30.6 Å². The van der Waals surface area contributed by atoms with E-state index in [1.54, 1.807) is 0 Å². The number of rotatable bonds is 2. The first kappa shape index (κ1) is 13.7. The number of carbonyl (C=O) groups is 1. The highest BCUT2D eigenvalue weighted by Crippen LogP contribution is 2.40. The average molecular weight is 295 g/mol. The summed E-state index contributed by atoms with van der Waals surface area (Å²) in [5.41, 5.74) is 2.14. The summed E-state index contributed by atoms with van der Waals surface area (Å²) in [5.74, 6) is 1.73. The summed E-state index contributed by atoms with van der Waals surface area (Å²) in [4.78, 5) is 23.4. The first-order chi connectivity index (χ1) is 10.7. The zero-order valence-corrected chi connectivity index (χ0v) is 12.9. The molecule has 4 heteroatoms. The number of piperidine rings is 1. The van der Waals surface area contributed by atoms with E-state index in [9.17, 15) is 4.79 Å². The van der Waals surface area contributed by atoms with Crippen LogP contribution >= 0.6 is 0 Å². The lowest BCUT2D eigenvalue weighted by Gasteiger charge is -2.32. The summed E-state index contributed by atoms with van der Waals surface area (Å²) in [6.07, 6.45) is 6.85. The van der Waals surface area contributed by atoms with Gasteiger partial charge in [-0.2, -0.15) is 0 Å². The van der Waals surface area contributed by atoms with Crippen LogP contribution in [-0.4, -0.2) is 33.9 Å². The SMILES string of the molecule is C[C@H]1C[C@@H]1C(=O)N1CCC(c2cc3ncccc3cn2)CC1. The zero-order valence-electron chi connectivity index (χ0n) is 12.9. The van der Waals surface area contributed by atoms with Gasteiger partial charge in [0, 0.05) is 48.4 Å². The number of pyridine rings is 2. The molecule has 1 saturated carbocycles. The third kappa shape index (κ3) is 2.47. The van der Waals surface area contributed by atoms with Crippen molar-refractivity contribution in [2.45, 2.75) is 32.1 Å². The Labute approximate surface area is 130 Å². The second-order valence-electron chi connectivity index (χ2n) is 6.72. The van der Waals surface area contributed by atoms with Crippen LogP contribution in [-0.2, 0) is 4.79 Å². The molecule has 0 bridgehead atoms. The van der Waals surface area contributed by atoms with Gasteiger partial charge in [0.15, 0.2) is 0 Å². The molecule has 22 heavy (non-hydrogen) atoms. The third-order valence-electron chi connectivity index (χ3n) is 5.16. The number of hydrogen-bond donors (Lipinski definition) is 0. The second kappa shape index (κ2) is 5.34. The van der Waals surface area contributed by atoms with Gasteiger partial charge in [-0.15, -0.1) is 0 Å². The molecule has 114 valence electrons. The molecule has 2 aromatic rings. The Morgan fingerprint density at radius 3 is 2.77 bits per heavy atom. The van der Waals surface area contributed by atoms with Crippen LogP contribution in [0.3, 0.4) is 0 Å². The van der Waals surface area contributed by atoms with Gasteiger partial charge < -0.3 is 4.90 Å². The molecule has 2 aliphatic rings. The number of aromatic nitrogens is 2. The van der Waals surface area contributed by atoms with E-state index in [0.29, 0.717) is 23.7 Å². The molecule has 4 rings (SSSR count). The first-order valence-corrected chi connectivity index (χ1v) is 8.22. The van der Waals surface area contributed by atoms with Crippen molar-refractivity contribution in [3.8, 4) is 0 Å². The van der Waals surface area contributed by atoms with Gasteiger partial charge in [0.2, 0.25) is 5.91 Å². The fourth-order valence-corrected chi connectivity index (χ4v) is 3.50. The Balaban J connectivity index is 1.45. The Hall–Kier alpha value is -1.97. The van der Waals surface area contributed by atoms with Crippen LogP contribution < -0.4 is 0 Å². The summed E-state index contributed by atoms with van der Waals surface area (Å²) in [7, 11) is 0. The number of likely N-dealkylation sites (tertiary alicyclic amines) is 1. The maximum atomic E-state index is 12.3. The average Bonchev–Trinajstić information content (AvgIpc) is 3.31. The third-order valence-corrected chi connectivity index (χ3v) is 5.16. The molecule has 2 aromatic heterocycles. The molecule has 0 N–H and O–H groups in total. The molecular formula is C18H21N3O. The molecule has 1 amide bonds. The van der Waals surface area contributed by atoms with Crippen molar-refractivity contribution in [1.82, 2.24) is 14.9 Å². The van der Waals surface area contributed by atoms with Gasteiger partial charge in [0.05, 0.1) is 5.52 Å². The number of fused-ring (bicyclic) bond motifs is 1. The summed E-state index contributed by atoms with van der Waals surface area (Å²) >= 11 is 0. The first-order valence-electron chi connectivity index (χ1n) is 8.22. The largest absolute Gasteiger partial charge is 0.342 e. The Kier molecular flexibility index (Phi) is 3.32. The van der Waals surface area contributed by atoms with Gasteiger partial charge in [-0.25, -0.2) is 0 Å². The van der Waals surface area contributed by atoms with Crippen LogP contribution in [0.4, 0.5) is 0 Å². The highest BCUT2D eigenvalue weighted by molar-refractivity contribution is 5.81. The summed E-state index contributed by atoms with van der Waals surface area (Å²) in [5, 5.41) is 1.08. The van der Waals surface area contributed by atoms with E-state index in [0.717, 1.165) is 48.9 Å². The van der Waals surface area contributed by atoms with Gasteiger partial charge in [-0.1, -0.05) is 6.92 Å². The van der Waals surface area contributed by atoms with Gasteiger partial charge in [0.1, 0.15) is 0 Å². The highest BCUT2D eigenvalue weighted by atomic mass is 16.2. The van der Waals surface area contributed by atoms with Crippen molar-refractivity contribution < 1.29 is 4.79 Å². The number of carbonyl (C=O) groups excluding carboxylic acids is 1. The van der Waals surface area contributed by atoms with Crippen molar-refractivity contribution in [3.05, 3.63) is 36.3 Å². The molecule has 4 nitrogen and oxygen atoms in total. The maximum absolute atomic E-state index is 12.3. The second-order valence-corrected chi connectivity index (χ2v) is 6.72. The molecule has 0 unspecified atom stereocenters. The molecule has 0 spiro atoms. The molecule has 2 fully saturated rings. The molecule has 0 radical (unpaired) electrons. The van der Waals surface area contributed by atoms with Crippen molar-refractivity contribution in [2.24, 2.45) is 11.8 Å². The molecular weight excluding hydrogens is 274 g/mol. The van der Waals surface area contributed by atoms with E-state index >= 15 is 0 Å². The molecule has 1 saturated heterocycles. The van der Waals surface area contributed by atoms with Gasteiger partial charge in [0.25, 0.3) is 0 Å². The van der Waals surface area contributed by atoms with Gasteiger partial charge in [-0.3, -0.25) is 14.8 Å². The molecule has 1 aliphatic carbocycles. The number of hydrogen-bond acceptors (Lipinski definition) is 3. The lowest BCUT2D eigenvalue weighted by Crippen LogP contribution is -2.39. The minimum absolute atomic E-state index is 0.305. The lowest BCUT2D eigenvalue weighted by atomic mass is 9.92. The fraction of sp³-hybridized carbons (Fsp3) is 0.500. The van der Waals surface area contributed by atoms with E-state index < -0.39 is 0 Å². The standard InChI is InChI=1S/C18H21N3O/c1-12-9-15(12)18(22)21-7-4-13(5-8-21)16-10-17-14(11-20-16)3-2-6-19-17/h2-3,6,10-13,15H,4-5,7-9H2,1H3/t12-,15-/m0/s1. The van der Waals surface area contributed by atoms with Crippen molar-refractivity contribution >= 4 is 16.8 Å². The van der Waals surface area contributed by atoms with Crippen molar-refractivity contribution in [1.29, 1.82) is 0 Å². The summed E-state index contributed by atoms with van der Waals surface area (Å²) < 4.78 is 0. The van der Waals surface area contributed by atoms with Crippen molar-refractivity contribution in [2.75, 3.05) is 13.1 Å². The monoisotopic (exact) mass is 295 g/mol. The highest BCUT2D eigenvalue weighted by Gasteiger charge is 2.42. The minimum Gasteiger partial charge on any atom is -0.342 e. The smallest absolute Gasteiger partial charge is 0.225 e. The van der Waals surface area contributed by atoms with Crippen LogP contribution in [0.1, 0.15) is 37.8 Å². The molecule has 0 aromatic carbocycles. The number of amides is 1. The topological polar surface area (TPSA) is 46.1 Å². The zero-order chi connectivity index (χ0) is 15.1. The quantitative estimate of drug-likeness (QED) is 0.855. The lowest BCUT2D eigenvalue weighted by molar-refractivity contribution is -0.133. The normalized spacial score (nSPS) is 25.4. The summed E-state index contributed by atoms with van der Waals surface area (Å²) in [6.45, 7) is 3.91. The van der Waals surface area contributed by atoms with Crippen LogP contribution in [0.5, 0.6) is 0 Å². The Morgan fingerprint density at radius 2 is 2.05 bits per heavy atom. The van der Waals surface area contributed by atoms with Crippen LogP contribution in [0.25, 0.3) is 10.9 Å². The maximum Gasteiger partial charge on any atom is 0.225 e. The number of nitrogens with zero attached hydrogens (tertiary/aromatic N) is 3. The molecule has 1 aliphatic heterocycles. The Morgan fingerprint density at radius 1 is 1.27 bits per heavy atom. The predicted octanol–water partition coefficient (Wildman–Crippen LogP) is 2.99. The van der Waals surface area contributed by atoms with Gasteiger partial charge in [-0.05, 0) is 43.4 Å².